The maximum absolute atomic E-state index is 10.5. The molecule has 14 heavy (non-hydrogen) atoms. The number of nitro benzene ring substituents is 1. The molecule has 0 bridgehead atoms. The van der Waals surface area contributed by atoms with Crippen molar-refractivity contribution in [3.63, 3.8) is 0 Å². The van der Waals surface area contributed by atoms with Gasteiger partial charge in [-0.3, -0.25) is 10.1 Å². The molecule has 0 amide bonds. The fourth-order valence-corrected chi connectivity index (χ4v) is 1.28. The van der Waals surface area contributed by atoms with Crippen molar-refractivity contribution in [2.45, 2.75) is 19.8 Å². The summed E-state index contributed by atoms with van der Waals surface area (Å²) in [6, 6.07) is 6.98. The normalized spacial score (nSPS) is 9.43. The maximum atomic E-state index is 10.5. The van der Waals surface area contributed by atoms with Crippen LogP contribution in [0.25, 0.3) is 0 Å². The van der Waals surface area contributed by atoms with Gasteiger partial charge < -0.3 is 0 Å². The Balaban J connectivity index is 2.90. The zero-order valence-electron chi connectivity index (χ0n) is 7.86. The summed E-state index contributed by atoms with van der Waals surface area (Å²) in [5.74, 6) is 0. The van der Waals surface area contributed by atoms with Crippen LogP contribution in [0.5, 0.6) is 0 Å². The van der Waals surface area contributed by atoms with Crippen LogP contribution in [0.1, 0.15) is 17.5 Å². The lowest BCUT2D eigenvalue weighted by Gasteiger charge is -2.00. The molecule has 1 aromatic carbocycles. The molecule has 0 saturated carbocycles. The molecule has 0 aliphatic heterocycles. The van der Waals surface area contributed by atoms with Gasteiger partial charge in [0.2, 0.25) is 0 Å². The Morgan fingerprint density at radius 1 is 1.57 bits per heavy atom. The summed E-state index contributed by atoms with van der Waals surface area (Å²) < 4.78 is 0. The van der Waals surface area contributed by atoms with Gasteiger partial charge in [0.1, 0.15) is 0 Å². The van der Waals surface area contributed by atoms with E-state index in [4.69, 9.17) is 5.26 Å². The van der Waals surface area contributed by atoms with Gasteiger partial charge in [0.15, 0.2) is 0 Å². The Hall–Kier alpha value is -1.89. The second-order valence-electron chi connectivity index (χ2n) is 3.04. The van der Waals surface area contributed by atoms with Crippen LogP contribution >= 0.6 is 0 Å². The average Bonchev–Trinajstić information content (AvgIpc) is 2.14. The fourth-order valence-electron chi connectivity index (χ4n) is 1.28. The minimum atomic E-state index is -0.399. The molecule has 0 aromatic heterocycles. The van der Waals surface area contributed by atoms with Gasteiger partial charge in [0, 0.05) is 18.1 Å². The van der Waals surface area contributed by atoms with E-state index in [1.165, 1.54) is 6.07 Å². The molecule has 0 heterocycles. The van der Waals surface area contributed by atoms with Crippen molar-refractivity contribution in [2.75, 3.05) is 0 Å². The number of nitrogens with zero attached hydrogens (tertiary/aromatic N) is 2. The first-order valence-electron chi connectivity index (χ1n) is 4.26. The Kier molecular flexibility index (Phi) is 3.19. The van der Waals surface area contributed by atoms with Gasteiger partial charge in [-0.15, -0.1) is 0 Å². The molecule has 0 saturated heterocycles. The van der Waals surface area contributed by atoms with E-state index in [0.717, 1.165) is 5.56 Å². The summed E-state index contributed by atoms with van der Waals surface area (Å²) in [7, 11) is 0. The van der Waals surface area contributed by atoms with E-state index in [9.17, 15) is 10.1 Å². The van der Waals surface area contributed by atoms with Crippen LogP contribution in [0.15, 0.2) is 18.2 Å². The van der Waals surface area contributed by atoms with Crippen LogP contribution in [0.2, 0.25) is 0 Å². The molecule has 1 aromatic rings. The molecule has 0 aliphatic carbocycles. The van der Waals surface area contributed by atoms with E-state index in [2.05, 4.69) is 0 Å². The summed E-state index contributed by atoms with van der Waals surface area (Å²) in [6.07, 6.45) is 1.09. The van der Waals surface area contributed by atoms with Crippen LogP contribution in [-0.2, 0) is 6.42 Å². The van der Waals surface area contributed by atoms with Crippen LogP contribution in [0, 0.1) is 28.4 Å². The Morgan fingerprint density at radius 3 is 2.79 bits per heavy atom. The van der Waals surface area contributed by atoms with Gasteiger partial charge in [-0.05, 0) is 25.0 Å². The minimum Gasteiger partial charge on any atom is -0.258 e. The molecule has 4 heteroatoms. The number of rotatable bonds is 3. The molecule has 0 fully saturated rings. The minimum absolute atomic E-state index is 0.130. The lowest BCUT2D eigenvalue weighted by Crippen LogP contribution is -1.93. The Morgan fingerprint density at radius 2 is 2.29 bits per heavy atom. The van der Waals surface area contributed by atoms with Crippen molar-refractivity contribution >= 4 is 5.69 Å². The Labute approximate surface area is 81.9 Å². The molecule has 1 rings (SSSR count). The third-order valence-electron chi connectivity index (χ3n) is 1.98. The van der Waals surface area contributed by atoms with Crippen molar-refractivity contribution in [1.82, 2.24) is 0 Å². The van der Waals surface area contributed by atoms with E-state index < -0.39 is 4.92 Å². The smallest absolute Gasteiger partial charge is 0.258 e. The maximum Gasteiger partial charge on any atom is 0.272 e. The standard InChI is InChI=1S/C10H10N2O2/c1-8-7-9(3-2-6-11)4-5-10(8)12(13)14/h4-5,7H,2-3H2,1H3. The van der Waals surface area contributed by atoms with Crippen molar-refractivity contribution in [3.05, 3.63) is 39.4 Å². The van der Waals surface area contributed by atoms with E-state index in [0.29, 0.717) is 18.4 Å². The summed E-state index contributed by atoms with van der Waals surface area (Å²) >= 11 is 0. The molecule has 0 aliphatic rings. The molecule has 0 radical (unpaired) electrons. The van der Waals surface area contributed by atoms with Crippen LogP contribution in [0.4, 0.5) is 5.69 Å². The van der Waals surface area contributed by atoms with E-state index in [1.54, 1.807) is 19.1 Å². The number of hydrogen-bond donors (Lipinski definition) is 0. The summed E-state index contributed by atoms with van der Waals surface area (Å²) in [4.78, 5) is 10.1. The highest BCUT2D eigenvalue weighted by molar-refractivity contribution is 5.41. The first-order chi connectivity index (χ1) is 6.65. The zero-order chi connectivity index (χ0) is 10.6. The molecule has 0 unspecified atom stereocenters. The van der Waals surface area contributed by atoms with Gasteiger partial charge in [-0.2, -0.15) is 5.26 Å². The monoisotopic (exact) mass is 190 g/mol. The lowest BCUT2D eigenvalue weighted by atomic mass is 10.1. The topological polar surface area (TPSA) is 66.9 Å². The highest BCUT2D eigenvalue weighted by Crippen LogP contribution is 2.19. The van der Waals surface area contributed by atoms with E-state index in [1.807, 2.05) is 6.07 Å². The van der Waals surface area contributed by atoms with Gasteiger partial charge in [-0.25, -0.2) is 0 Å². The molecular formula is C10H10N2O2. The predicted molar refractivity (Wildman–Crippen MR) is 51.8 cm³/mol. The SMILES string of the molecule is Cc1cc(CCC#N)ccc1[N+](=O)[O-]. The van der Waals surface area contributed by atoms with E-state index >= 15 is 0 Å². The third kappa shape index (κ3) is 2.30. The van der Waals surface area contributed by atoms with Crippen LogP contribution in [-0.4, -0.2) is 4.92 Å². The summed E-state index contributed by atoms with van der Waals surface area (Å²) in [5.41, 5.74) is 1.74. The number of nitriles is 1. The highest BCUT2D eigenvalue weighted by Gasteiger charge is 2.09. The van der Waals surface area contributed by atoms with Gasteiger partial charge in [0.05, 0.1) is 11.0 Å². The number of nitro groups is 1. The van der Waals surface area contributed by atoms with Gasteiger partial charge in [0.25, 0.3) is 5.69 Å². The summed E-state index contributed by atoms with van der Waals surface area (Å²) in [6.45, 7) is 1.70. The number of benzene rings is 1. The van der Waals surface area contributed by atoms with Crippen molar-refractivity contribution < 1.29 is 4.92 Å². The molecule has 72 valence electrons. The number of hydrogen-bond acceptors (Lipinski definition) is 3. The van der Waals surface area contributed by atoms with Crippen molar-refractivity contribution in [2.24, 2.45) is 0 Å². The molecule has 0 N–H and O–H groups in total. The zero-order valence-corrected chi connectivity index (χ0v) is 7.86. The molecule has 0 spiro atoms. The number of aryl methyl sites for hydroxylation is 2. The summed E-state index contributed by atoms with van der Waals surface area (Å²) in [5, 5.41) is 18.9. The van der Waals surface area contributed by atoms with Crippen LogP contribution < -0.4 is 0 Å². The van der Waals surface area contributed by atoms with Gasteiger partial charge >= 0.3 is 0 Å². The van der Waals surface area contributed by atoms with Crippen molar-refractivity contribution in [3.8, 4) is 6.07 Å². The predicted octanol–water partition coefficient (Wildman–Crippen LogP) is 2.36. The van der Waals surface area contributed by atoms with Crippen LogP contribution in [0.3, 0.4) is 0 Å². The lowest BCUT2D eigenvalue weighted by molar-refractivity contribution is -0.385. The quantitative estimate of drug-likeness (QED) is 0.542. The van der Waals surface area contributed by atoms with E-state index in [-0.39, 0.29) is 5.69 Å². The first kappa shape index (κ1) is 10.2. The molecular weight excluding hydrogens is 180 g/mol. The molecule has 0 atom stereocenters. The highest BCUT2D eigenvalue weighted by atomic mass is 16.6. The van der Waals surface area contributed by atoms with Crippen molar-refractivity contribution in [1.29, 1.82) is 5.26 Å². The van der Waals surface area contributed by atoms with Gasteiger partial charge in [-0.1, -0.05) is 6.07 Å². The first-order valence-corrected chi connectivity index (χ1v) is 4.26. The second kappa shape index (κ2) is 4.38. The third-order valence-corrected chi connectivity index (χ3v) is 1.98. The Bertz CT molecular complexity index is 394. The fraction of sp³-hybridized carbons (Fsp3) is 0.300. The molecule has 4 nitrogen and oxygen atoms in total. The second-order valence-corrected chi connectivity index (χ2v) is 3.04. The largest absolute Gasteiger partial charge is 0.272 e. The average molecular weight is 190 g/mol.